The van der Waals surface area contributed by atoms with Crippen LogP contribution in [0.1, 0.15) is 40.0 Å². The number of nitrogens with one attached hydrogen (secondary N) is 2. The lowest BCUT2D eigenvalue weighted by molar-refractivity contribution is -0.123. The number of amides is 1. The molecule has 0 aromatic carbocycles. The Bertz CT molecular complexity index is 282. The summed E-state index contributed by atoms with van der Waals surface area (Å²) in [6.07, 6.45) is 3.10. The van der Waals surface area contributed by atoms with E-state index in [-0.39, 0.29) is 24.1 Å². The van der Waals surface area contributed by atoms with Gasteiger partial charge >= 0.3 is 0 Å². The number of nitrogens with zero attached hydrogens (tertiary/aromatic N) is 1. The first-order valence-electron chi connectivity index (χ1n) is 7.89. The van der Waals surface area contributed by atoms with Crippen LogP contribution in [0.5, 0.6) is 0 Å². The van der Waals surface area contributed by atoms with Crippen LogP contribution >= 0.6 is 0 Å². The van der Waals surface area contributed by atoms with Crippen molar-refractivity contribution < 1.29 is 9.53 Å². The van der Waals surface area contributed by atoms with E-state index in [4.69, 9.17) is 4.74 Å². The zero-order valence-electron chi connectivity index (χ0n) is 13.4. The second-order valence-corrected chi connectivity index (χ2v) is 5.63. The Kier molecular flexibility index (Phi) is 8.11. The van der Waals surface area contributed by atoms with Crippen molar-refractivity contribution in [2.45, 2.75) is 58.2 Å². The number of hydrogen-bond acceptors (Lipinski definition) is 4. The van der Waals surface area contributed by atoms with E-state index in [2.05, 4.69) is 36.3 Å². The summed E-state index contributed by atoms with van der Waals surface area (Å²) < 4.78 is 5.26. The lowest BCUT2D eigenvalue weighted by atomic mass is 10.1. The Morgan fingerprint density at radius 3 is 2.70 bits per heavy atom. The van der Waals surface area contributed by atoms with E-state index < -0.39 is 0 Å². The van der Waals surface area contributed by atoms with Gasteiger partial charge < -0.3 is 20.3 Å². The molecule has 0 bridgehead atoms. The highest BCUT2D eigenvalue weighted by Gasteiger charge is 2.29. The molecule has 0 radical (unpaired) electrons. The number of hydrogen-bond donors (Lipinski definition) is 2. The number of carbonyl (C=O) groups excluding carboxylic acids is 1. The minimum absolute atomic E-state index is 0.0924. The van der Waals surface area contributed by atoms with Gasteiger partial charge in [-0.1, -0.05) is 13.8 Å². The second kappa shape index (κ2) is 9.32. The third-order valence-corrected chi connectivity index (χ3v) is 4.13. The summed E-state index contributed by atoms with van der Waals surface area (Å²) in [5.41, 5.74) is 0. The van der Waals surface area contributed by atoms with Crippen molar-refractivity contribution in [1.82, 2.24) is 15.5 Å². The van der Waals surface area contributed by atoms with Gasteiger partial charge in [-0.3, -0.25) is 4.79 Å². The molecule has 1 rings (SSSR count). The zero-order chi connectivity index (χ0) is 15.0. The van der Waals surface area contributed by atoms with Gasteiger partial charge in [0.2, 0.25) is 5.91 Å². The first-order chi connectivity index (χ1) is 9.60. The van der Waals surface area contributed by atoms with E-state index in [1.807, 2.05) is 0 Å². The Morgan fingerprint density at radius 1 is 1.45 bits per heavy atom. The van der Waals surface area contributed by atoms with Gasteiger partial charge in [-0.2, -0.15) is 0 Å². The molecule has 3 unspecified atom stereocenters. The SMILES string of the molecule is CCN(CC)CCCC(C)NC(=O)C1CC(OC)CN1. The summed E-state index contributed by atoms with van der Waals surface area (Å²) in [4.78, 5) is 14.5. The second-order valence-electron chi connectivity index (χ2n) is 5.63. The Morgan fingerprint density at radius 2 is 2.15 bits per heavy atom. The van der Waals surface area contributed by atoms with Gasteiger partial charge in [0.15, 0.2) is 0 Å². The standard InChI is InChI=1S/C15H31N3O2/c1-5-18(6-2)9-7-8-12(3)17-15(19)14-10-13(20-4)11-16-14/h12-14,16H,5-11H2,1-4H3,(H,17,19). The molecule has 3 atom stereocenters. The number of methoxy groups -OCH3 is 1. The molecule has 118 valence electrons. The van der Waals surface area contributed by atoms with Crippen molar-refractivity contribution in [2.75, 3.05) is 33.3 Å². The summed E-state index contributed by atoms with van der Waals surface area (Å²) in [7, 11) is 1.70. The van der Waals surface area contributed by atoms with E-state index in [0.717, 1.165) is 45.4 Å². The molecule has 1 heterocycles. The third kappa shape index (κ3) is 5.77. The van der Waals surface area contributed by atoms with Crippen LogP contribution in [0.4, 0.5) is 0 Å². The third-order valence-electron chi connectivity index (χ3n) is 4.13. The average molecular weight is 285 g/mol. The van der Waals surface area contributed by atoms with Crippen LogP contribution in [-0.2, 0) is 9.53 Å². The smallest absolute Gasteiger partial charge is 0.237 e. The number of carbonyl (C=O) groups is 1. The lowest BCUT2D eigenvalue weighted by Gasteiger charge is -2.20. The first-order valence-corrected chi connectivity index (χ1v) is 7.89. The fourth-order valence-corrected chi connectivity index (χ4v) is 2.66. The van der Waals surface area contributed by atoms with Crippen LogP contribution in [0.3, 0.4) is 0 Å². The van der Waals surface area contributed by atoms with Crippen LogP contribution in [0.25, 0.3) is 0 Å². The summed E-state index contributed by atoms with van der Waals surface area (Å²) in [5, 5.41) is 6.31. The van der Waals surface area contributed by atoms with Gasteiger partial charge in [0, 0.05) is 19.7 Å². The highest BCUT2D eigenvalue weighted by Crippen LogP contribution is 2.10. The topological polar surface area (TPSA) is 53.6 Å². The van der Waals surface area contributed by atoms with Crippen LogP contribution in [0.15, 0.2) is 0 Å². The Labute approximate surface area is 123 Å². The molecule has 20 heavy (non-hydrogen) atoms. The molecule has 1 fully saturated rings. The molecule has 0 spiro atoms. The maximum Gasteiger partial charge on any atom is 0.237 e. The molecule has 0 saturated carbocycles. The molecule has 2 N–H and O–H groups in total. The summed E-state index contributed by atoms with van der Waals surface area (Å²) in [6, 6.07) is 0.145. The largest absolute Gasteiger partial charge is 0.380 e. The summed E-state index contributed by atoms with van der Waals surface area (Å²) in [6.45, 7) is 10.5. The molecular formula is C15H31N3O2. The van der Waals surface area contributed by atoms with Crippen molar-refractivity contribution in [1.29, 1.82) is 0 Å². The minimum Gasteiger partial charge on any atom is -0.380 e. The molecule has 1 aliphatic rings. The first kappa shape index (κ1) is 17.4. The fourth-order valence-electron chi connectivity index (χ4n) is 2.66. The molecule has 1 amide bonds. The van der Waals surface area contributed by atoms with E-state index in [0.29, 0.717) is 0 Å². The van der Waals surface area contributed by atoms with Gasteiger partial charge in [0.05, 0.1) is 12.1 Å². The van der Waals surface area contributed by atoms with Gasteiger partial charge in [-0.05, 0) is 45.8 Å². The van der Waals surface area contributed by atoms with Gasteiger partial charge in [-0.15, -0.1) is 0 Å². The normalized spacial score (nSPS) is 24.1. The van der Waals surface area contributed by atoms with Crippen LogP contribution in [0, 0.1) is 0 Å². The minimum atomic E-state index is -0.0924. The van der Waals surface area contributed by atoms with E-state index >= 15 is 0 Å². The quantitative estimate of drug-likeness (QED) is 0.663. The van der Waals surface area contributed by atoms with Gasteiger partial charge in [0.1, 0.15) is 0 Å². The van der Waals surface area contributed by atoms with Gasteiger partial charge in [0.25, 0.3) is 0 Å². The van der Waals surface area contributed by atoms with Gasteiger partial charge in [-0.25, -0.2) is 0 Å². The van der Waals surface area contributed by atoms with E-state index in [9.17, 15) is 4.79 Å². The van der Waals surface area contributed by atoms with Crippen molar-refractivity contribution in [2.24, 2.45) is 0 Å². The van der Waals surface area contributed by atoms with E-state index in [1.54, 1.807) is 7.11 Å². The van der Waals surface area contributed by atoms with Crippen molar-refractivity contribution in [3.8, 4) is 0 Å². The summed E-state index contributed by atoms with van der Waals surface area (Å²) in [5.74, 6) is 0.111. The molecule has 0 aromatic rings. The maximum atomic E-state index is 12.1. The molecule has 5 nitrogen and oxygen atoms in total. The molecule has 1 saturated heterocycles. The monoisotopic (exact) mass is 285 g/mol. The van der Waals surface area contributed by atoms with Crippen LogP contribution < -0.4 is 10.6 Å². The highest BCUT2D eigenvalue weighted by molar-refractivity contribution is 5.82. The average Bonchev–Trinajstić information content (AvgIpc) is 2.92. The molecule has 0 aromatic heterocycles. The number of rotatable bonds is 9. The Balaban J connectivity index is 2.18. The fraction of sp³-hybridized carbons (Fsp3) is 0.933. The molecule has 5 heteroatoms. The predicted octanol–water partition coefficient (Wildman–Crippen LogP) is 0.990. The van der Waals surface area contributed by atoms with Crippen molar-refractivity contribution in [3.05, 3.63) is 0 Å². The predicted molar refractivity (Wildman–Crippen MR) is 81.8 cm³/mol. The number of ether oxygens (including phenoxy) is 1. The maximum absolute atomic E-state index is 12.1. The zero-order valence-corrected chi connectivity index (χ0v) is 13.4. The van der Waals surface area contributed by atoms with Crippen LogP contribution in [0.2, 0.25) is 0 Å². The molecular weight excluding hydrogens is 254 g/mol. The van der Waals surface area contributed by atoms with Crippen LogP contribution in [-0.4, -0.2) is 62.3 Å². The molecule has 0 aliphatic carbocycles. The summed E-state index contributed by atoms with van der Waals surface area (Å²) >= 11 is 0. The van der Waals surface area contributed by atoms with Crippen molar-refractivity contribution in [3.63, 3.8) is 0 Å². The lowest BCUT2D eigenvalue weighted by Crippen LogP contribution is -2.44. The van der Waals surface area contributed by atoms with Crippen molar-refractivity contribution >= 4 is 5.91 Å². The molecule has 1 aliphatic heterocycles. The van der Waals surface area contributed by atoms with E-state index in [1.165, 1.54) is 0 Å². The Hall–Kier alpha value is -0.650. The highest BCUT2D eigenvalue weighted by atomic mass is 16.5.